The van der Waals surface area contributed by atoms with Gasteiger partial charge >= 0.3 is 6.18 Å². The molecule has 0 bridgehead atoms. The molecule has 0 atom stereocenters. The summed E-state index contributed by atoms with van der Waals surface area (Å²) in [5, 5.41) is 6.36. The van der Waals surface area contributed by atoms with Crippen molar-refractivity contribution in [1.29, 1.82) is 0 Å². The predicted molar refractivity (Wildman–Crippen MR) is 70.2 cm³/mol. The Labute approximate surface area is 118 Å². The number of benzene rings is 1. The van der Waals surface area contributed by atoms with Crippen LogP contribution >= 0.6 is 0 Å². The van der Waals surface area contributed by atoms with Crippen molar-refractivity contribution in [3.05, 3.63) is 47.3 Å². The molecule has 0 radical (unpaired) electrons. The van der Waals surface area contributed by atoms with Crippen LogP contribution < -0.4 is 11.1 Å². The number of alkyl halides is 3. The second kappa shape index (κ2) is 5.47. The number of anilines is 1. The zero-order chi connectivity index (χ0) is 15.6. The Morgan fingerprint density at radius 2 is 2.14 bits per heavy atom. The van der Waals surface area contributed by atoms with Crippen molar-refractivity contribution in [3.8, 4) is 0 Å². The van der Waals surface area contributed by atoms with Crippen molar-refractivity contribution in [2.24, 2.45) is 7.05 Å². The minimum Gasteiger partial charge on any atom is -0.396 e. The van der Waals surface area contributed by atoms with Crippen LogP contribution in [0.25, 0.3) is 0 Å². The standard InChI is InChI=1S/C13H13F3N4O/c1-20-7-10(17)11(19-20)12(21)18-6-8-3-2-4-9(5-8)13(14,15)16/h2-5,7H,6,17H2,1H3,(H,18,21). The summed E-state index contributed by atoms with van der Waals surface area (Å²) in [7, 11) is 1.61. The van der Waals surface area contributed by atoms with Crippen LogP contribution in [0, 0.1) is 0 Å². The van der Waals surface area contributed by atoms with Crippen LogP contribution in [-0.4, -0.2) is 15.7 Å². The van der Waals surface area contributed by atoms with Crippen LogP contribution in [0.4, 0.5) is 18.9 Å². The summed E-state index contributed by atoms with van der Waals surface area (Å²) < 4.78 is 39.1. The number of carbonyl (C=O) groups is 1. The molecule has 1 heterocycles. The largest absolute Gasteiger partial charge is 0.416 e. The summed E-state index contributed by atoms with van der Waals surface area (Å²) in [5.41, 5.74) is 5.44. The maximum Gasteiger partial charge on any atom is 0.416 e. The van der Waals surface area contributed by atoms with E-state index in [2.05, 4.69) is 10.4 Å². The minimum absolute atomic E-state index is 0.0429. The van der Waals surface area contributed by atoms with Crippen molar-refractivity contribution >= 4 is 11.6 Å². The Balaban J connectivity index is 2.07. The number of hydrogen-bond donors (Lipinski definition) is 2. The molecule has 8 heteroatoms. The highest BCUT2D eigenvalue weighted by Crippen LogP contribution is 2.29. The number of nitrogens with zero attached hydrogens (tertiary/aromatic N) is 2. The molecular weight excluding hydrogens is 285 g/mol. The number of nitrogen functional groups attached to an aromatic ring is 1. The average molecular weight is 298 g/mol. The number of rotatable bonds is 3. The second-order valence-electron chi connectivity index (χ2n) is 4.49. The maximum absolute atomic E-state index is 12.6. The average Bonchev–Trinajstić information content (AvgIpc) is 2.74. The van der Waals surface area contributed by atoms with Gasteiger partial charge in [0, 0.05) is 19.8 Å². The van der Waals surface area contributed by atoms with Gasteiger partial charge < -0.3 is 11.1 Å². The summed E-state index contributed by atoms with van der Waals surface area (Å²) >= 11 is 0. The van der Waals surface area contributed by atoms with Crippen molar-refractivity contribution in [1.82, 2.24) is 15.1 Å². The fourth-order valence-corrected chi connectivity index (χ4v) is 1.81. The molecule has 0 aliphatic carbocycles. The Hall–Kier alpha value is -2.51. The monoisotopic (exact) mass is 298 g/mol. The topological polar surface area (TPSA) is 72.9 Å². The number of aromatic nitrogens is 2. The van der Waals surface area contributed by atoms with E-state index in [-0.39, 0.29) is 17.9 Å². The van der Waals surface area contributed by atoms with E-state index in [1.54, 1.807) is 7.05 Å². The van der Waals surface area contributed by atoms with Crippen LogP contribution in [0.15, 0.2) is 30.5 Å². The van der Waals surface area contributed by atoms with E-state index in [0.717, 1.165) is 12.1 Å². The van der Waals surface area contributed by atoms with Crippen LogP contribution in [0.1, 0.15) is 21.6 Å². The molecule has 0 saturated carbocycles. The highest BCUT2D eigenvalue weighted by atomic mass is 19.4. The van der Waals surface area contributed by atoms with Crippen LogP contribution in [0.2, 0.25) is 0 Å². The molecule has 0 fully saturated rings. The zero-order valence-electron chi connectivity index (χ0n) is 11.1. The van der Waals surface area contributed by atoms with E-state index in [1.165, 1.54) is 23.0 Å². The molecule has 0 unspecified atom stereocenters. The molecule has 5 nitrogen and oxygen atoms in total. The van der Waals surface area contributed by atoms with Crippen molar-refractivity contribution in [2.75, 3.05) is 5.73 Å². The minimum atomic E-state index is -4.41. The molecule has 0 aliphatic heterocycles. The van der Waals surface area contributed by atoms with E-state index in [1.807, 2.05) is 0 Å². The number of aryl methyl sites for hydroxylation is 1. The first-order chi connectivity index (χ1) is 9.77. The lowest BCUT2D eigenvalue weighted by Gasteiger charge is -2.09. The SMILES string of the molecule is Cn1cc(N)c(C(=O)NCc2cccc(C(F)(F)F)c2)n1. The van der Waals surface area contributed by atoms with E-state index < -0.39 is 17.6 Å². The molecule has 2 aromatic rings. The van der Waals surface area contributed by atoms with Gasteiger partial charge in [0.25, 0.3) is 5.91 Å². The first-order valence-corrected chi connectivity index (χ1v) is 6.01. The molecule has 2 rings (SSSR count). The fraction of sp³-hybridized carbons (Fsp3) is 0.231. The Morgan fingerprint density at radius 3 is 2.71 bits per heavy atom. The number of nitrogens with one attached hydrogen (secondary N) is 1. The van der Waals surface area contributed by atoms with Crippen LogP contribution in [0.5, 0.6) is 0 Å². The Morgan fingerprint density at radius 1 is 1.43 bits per heavy atom. The Bertz CT molecular complexity index is 664. The number of halogens is 3. The van der Waals surface area contributed by atoms with Gasteiger partial charge in [0.2, 0.25) is 0 Å². The lowest BCUT2D eigenvalue weighted by molar-refractivity contribution is -0.137. The third kappa shape index (κ3) is 3.53. The summed E-state index contributed by atoms with van der Waals surface area (Å²) in [6, 6.07) is 4.75. The second-order valence-corrected chi connectivity index (χ2v) is 4.49. The lowest BCUT2D eigenvalue weighted by atomic mass is 10.1. The molecule has 112 valence electrons. The normalized spacial score (nSPS) is 11.4. The summed E-state index contributed by atoms with van der Waals surface area (Å²) in [6.45, 7) is -0.0429. The number of carbonyl (C=O) groups excluding carboxylic acids is 1. The van der Waals surface area contributed by atoms with Gasteiger partial charge in [-0.25, -0.2) is 0 Å². The smallest absolute Gasteiger partial charge is 0.396 e. The van der Waals surface area contributed by atoms with Gasteiger partial charge in [-0.2, -0.15) is 18.3 Å². The summed E-state index contributed by atoms with van der Waals surface area (Å²) in [5.74, 6) is -0.537. The van der Waals surface area contributed by atoms with E-state index in [4.69, 9.17) is 5.73 Å². The number of hydrogen-bond acceptors (Lipinski definition) is 3. The third-order valence-corrected chi connectivity index (χ3v) is 2.78. The first kappa shape index (κ1) is 14.9. The van der Waals surface area contributed by atoms with Crippen LogP contribution in [0.3, 0.4) is 0 Å². The van der Waals surface area contributed by atoms with Gasteiger partial charge in [0.05, 0.1) is 11.3 Å². The molecule has 21 heavy (non-hydrogen) atoms. The van der Waals surface area contributed by atoms with E-state index in [9.17, 15) is 18.0 Å². The zero-order valence-corrected chi connectivity index (χ0v) is 11.1. The highest BCUT2D eigenvalue weighted by Gasteiger charge is 2.30. The molecule has 1 aromatic heterocycles. The molecular formula is C13H13F3N4O. The number of amides is 1. The van der Waals surface area contributed by atoms with Crippen LogP contribution in [-0.2, 0) is 19.8 Å². The third-order valence-electron chi connectivity index (χ3n) is 2.78. The quantitative estimate of drug-likeness (QED) is 0.909. The van der Waals surface area contributed by atoms with Gasteiger partial charge in [0.15, 0.2) is 5.69 Å². The summed E-state index contributed by atoms with van der Waals surface area (Å²) in [4.78, 5) is 11.8. The highest BCUT2D eigenvalue weighted by molar-refractivity contribution is 5.96. The van der Waals surface area contributed by atoms with Gasteiger partial charge in [-0.05, 0) is 17.7 Å². The molecule has 0 saturated heterocycles. The van der Waals surface area contributed by atoms with Crippen molar-refractivity contribution < 1.29 is 18.0 Å². The van der Waals surface area contributed by atoms with E-state index in [0.29, 0.717) is 5.56 Å². The molecule has 0 aliphatic rings. The van der Waals surface area contributed by atoms with E-state index >= 15 is 0 Å². The Kier molecular flexibility index (Phi) is 3.88. The number of nitrogens with two attached hydrogens (primary N) is 1. The molecule has 0 spiro atoms. The predicted octanol–water partition coefficient (Wildman–Crippen LogP) is 1.95. The van der Waals surface area contributed by atoms with Gasteiger partial charge in [-0.1, -0.05) is 12.1 Å². The van der Waals surface area contributed by atoms with Crippen molar-refractivity contribution in [3.63, 3.8) is 0 Å². The van der Waals surface area contributed by atoms with Gasteiger partial charge in [0.1, 0.15) is 0 Å². The van der Waals surface area contributed by atoms with Gasteiger partial charge in [-0.15, -0.1) is 0 Å². The fourth-order valence-electron chi connectivity index (χ4n) is 1.81. The van der Waals surface area contributed by atoms with Gasteiger partial charge in [-0.3, -0.25) is 9.48 Å². The molecule has 1 amide bonds. The molecule has 1 aromatic carbocycles. The lowest BCUT2D eigenvalue weighted by Crippen LogP contribution is -2.24. The maximum atomic E-state index is 12.6. The molecule has 3 N–H and O–H groups in total. The van der Waals surface area contributed by atoms with Crippen molar-refractivity contribution in [2.45, 2.75) is 12.7 Å². The summed E-state index contributed by atoms with van der Waals surface area (Å²) in [6.07, 6.45) is -2.94. The first-order valence-electron chi connectivity index (χ1n) is 6.01.